The molecule has 0 spiro atoms. The molecule has 1 heterocycles. The fourth-order valence-corrected chi connectivity index (χ4v) is 2.41. The molecule has 2 rings (SSSR count). The largest absolute Gasteiger partial charge is 0.349 e. The standard InChI is InChI=1S/C17H19ClN2O/c1-2-16(14-6-3-7-15(18)11-14)20-17(21)9-8-13-5-4-10-19-12-13/h3-7,10-12,16H,2,8-9H2,1H3,(H,20,21). The number of carbonyl (C=O) groups excluding carboxylic acids is 1. The number of hydrogen-bond donors (Lipinski definition) is 1. The highest BCUT2D eigenvalue weighted by Crippen LogP contribution is 2.20. The predicted molar refractivity (Wildman–Crippen MR) is 85.2 cm³/mol. The average Bonchev–Trinajstić information content (AvgIpc) is 2.51. The SMILES string of the molecule is CCC(NC(=O)CCc1cccnc1)c1cccc(Cl)c1. The van der Waals surface area contributed by atoms with Crippen LogP contribution in [0.15, 0.2) is 48.8 Å². The zero-order chi connectivity index (χ0) is 15.1. The van der Waals surface area contributed by atoms with Crippen LogP contribution in [0.2, 0.25) is 5.02 Å². The Kier molecular flexibility index (Phi) is 5.76. The van der Waals surface area contributed by atoms with Gasteiger partial charge in [-0.2, -0.15) is 0 Å². The second-order valence-electron chi connectivity index (χ2n) is 4.94. The van der Waals surface area contributed by atoms with E-state index in [1.54, 1.807) is 12.4 Å². The maximum atomic E-state index is 12.1. The fourth-order valence-electron chi connectivity index (χ4n) is 2.21. The van der Waals surface area contributed by atoms with E-state index < -0.39 is 0 Å². The van der Waals surface area contributed by atoms with Crippen molar-refractivity contribution in [3.63, 3.8) is 0 Å². The molecule has 0 aliphatic heterocycles. The first-order valence-corrected chi connectivity index (χ1v) is 7.50. The Morgan fingerprint density at radius 2 is 2.19 bits per heavy atom. The number of hydrogen-bond acceptors (Lipinski definition) is 2. The van der Waals surface area contributed by atoms with Crippen LogP contribution in [0.3, 0.4) is 0 Å². The normalized spacial score (nSPS) is 11.9. The summed E-state index contributed by atoms with van der Waals surface area (Å²) in [5.41, 5.74) is 2.11. The van der Waals surface area contributed by atoms with Crippen molar-refractivity contribution < 1.29 is 4.79 Å². The molecule has 3 nitrogen and oxygen atoms in total. The van der Waals surface area contributed by atoms with Crippen molar-refractivity contribution in [3.8, 4) is 0 Å². The van der Waals surface area contributed by atoms with Crippen LogP contribution in [-0.2, 0) is 11.2 Å². The van der Waals surface area contributed by atoms with E-state index in [1.807, 2.05) is 43.3 Å². The monoisotopic (exact) mass is 302 g/mol. The summed E-state index contributed by atoms with van der Waals surface area (Å²) in [5, 5.41) is 3.75. The quantitative estimate of drug-likeness (QED) is 0.878. The van der Waals surface area contributed by atoms with Gasteiger partial charge in [0.05, 0.1) is 6.04 Å². The van der Waals surface area contributed by atoms with E-state index in [2.05, 4.69) is 10.3 Å². The summed E-state index contributed by atoms with van der Waals surface area (Å²) >= 11 is 6.00. The molecule has 0 aliphatic carbocycles. The molecule has 0 saturated heterocycles. The van der Waals surface area contributed by atoms with Crippen LogP contribution in [0.5, 0.6) is 0 Å². The molecule has 0 radical (unpaired) electrons. The van der Waals surface area contributed by atoms with Gasteiger partial charge in [0, 0.05) is 23.8 Å². The van der Waals surface area contributed by atoms with Crippen molar-refractivity contribution >= 4 is 17.5 Å². The summed E-state index contributed by atoms with van der Waals surface area (Å²) in [4.78, 5) is 16.1. The first kappa shape index (κ1) is 15.5. The van der Waals surface area contributed by atoms with E-state index in [-0.39, 0.29) is 11.9 Å². The number of aryl methyl sites for hydroxylation is 1. The van der Waals surface area contributed by atoms with Gasteiger partial charge in [-0.25, -0.2) is 0 Å². The smallest absolute Gasteiger partial charge is 0.220 e. The van der Waals surface area contributed by atoms with Crippen LogP contribution in [0.25, 0.3) is 0 Å². The van der Waals surface area contributed by atoms with Crippen molar-refractivity contribution in [2.24, 2.45) is 0 Å². The second-order valence-corrected chi connectivity index (χ2v) is 5.38. The first-order chi connectivity index (χ1) is 10.2. The van der Waals surface area contributed by atoms with E-state index in [0.29, 0.717) is 17.9 Å². The lowest BCUT2D eigenvalue weighted by atomic mass is 10.0. The summed E-state index contributed by atoms with van der Waals surface area (Å²) in [6.45, 7) is 2.05. The Morgan fingerprint density at radius 1 is 1.33 bits per heavy atom. The van der Waals surface area contributed by atoms with Crippen molar-refractivity contribution in [1.29, 1.82) is 0 Å². The third-order valence-corrected chi connectivity index (χ3v) is 3.59. The number of halogens is 1. The minimum atomic E-state index is 0.00472. The molecule has 4 heteroatoms. The number of rotatable bonds is 6. The minimum Gasteiger partial charge on any atom is -0.349 e. The van der Waals surface area contributed by atoms with Gasteiger partial charge in [-0.1, -0.05) is 36.7 Å². The third kappa shape index (κ3) is 4.87. The molecule has 21 heavy (non-hydrogen) atoms. The van der Waals surface area contributed by atoms with E-state index in [1.165, 1.54) is 0 Å². The molecule has 0 saturated carbocycles. The summed E-state index contributed by atoms with van der Waals surface area (Å²) in [6.07, 6.45) is 5.52. The summed E-state index contributed by atoms with van der Waals surface area (Å²) in [6, 6.07) is 11.5. The van der Waals surface area contributed by atoms with Crippen LogP contribution in [0.1, 0.15) is 36.9 Å². The van der Waals surface area contributed by atoms with Crippen LogP contribution in [0, 0.1) is 0 Å². The minimum absolute atomic E-state index is 0.00472. The highest BCUT2D eigenvalue weighted by molar-refractivity contribution is 6.30. The zero-order valence-electron chi connectivity index (χ0n) is 12.1. The lowest BCUT2D eigenvalue weighted by molar-refractivity contribution is -0.121. The Balaban J connectivity index is 1.91. The average molecular weight is 303 g/mol. The predicted octanol–water partition coefficient (Wildman–Crippen LogP) is 3.94. The molecule has 1 atom stereocenters. The number of pyridine rings is 1. The van der Waals surface area contributed by atoms with Gasteiger partial charge in [-0.05, 0) is 42.2 Å². The highest BCUT2D eigenvalue weighted by Gasteiger charge is 2.12. The van der Waals surface area contributed by atoms with Crippen LogP contribution in [0.4, 0.5) is 0 Å². The first-order valence-electron chi connectivity index (χ1n) is 7.12. The molecule has 1 N–H and O–H groups in total. The maximum absolute atomic E-state index is 12.1. The molecule has 1 aromatic carbocycles. The van der Waals surface area contributed by atoms with Gasteiger partial charge in [0.15, 0.2) is 0 Å². The topological polar surface area (TPSA) is 42.0 Å². The van der Waals surface area contributed by atoms with Gasteiger partial charge in [-0.15, -0.1) is 0 Å². The molecular weight excluding hydrogens is 284 g/mol. The molecular formula is C17H19ClN2O. The molecule has 110 valence electrons. The number of carbonyl (C=O) groups is 1. The van der Waals surface area contributed by atoms with Gasteiger partial charge in [0.25, 0.3) is 0 Å². The lowest BCUT2D eigenvalue weighted by Gasteiger charge is -2.17. The molecule has 1 amide bonds. The van der Waals surface area contributed by atoms with Gasteiger partial charge in [0.2, 0.25) is 5.91 Å². The second kappa shape index (κ2) is 7.79. The van der Waals surface area contributed by atoms with E-state index in [9.17, 15) is 4.79 Å². The molecule has 0 fully saturated rings. The van der Waals surface area contributed by atoms with E-state index in [4.69, 9.17) is 11.6 Å². The number of nitrogens with one attached hydrogen (secondary N) is 1. The van der Waals surface area contributed by atoms with Gasteiger partial charge in [0.1, 0.15) is 0 Å². The third-order valence-electron chi connectivity index (χ3n) is 3.36. The fraction of sp³-hybridized carbons (Fsp3) is 0.294. The summed E-state index contributed by atoms with van der Waals surface area (Å²) in [5.74, 6) is 0.0469. The molecule has 1 aromatic heterocycles. The number of benzene rings is 1. The maximum Gasteiger partial charge on any atom is 0.220 e. The highest BCUT2D eigenvalue weighted by atomic mass is 35.5. The van der Waals surface area contributed by atoms with Crippen LogP contribution in [-0.4, -0.2) is 10.9 Å². The van der Waals surface area contributed by atoms with Gasteiger partial charge < -0.3 is 5.32 Å². The number of amides is 1. The van der Waals surface area contributed by atoms with Gasteiger partial charge in [-0.3, -0.25) is 9.78 Å². The Labute approximate surface area is 130 Å². The van der Waals surface area contributed by atoms with Crippen molar-refractivity contribution in [2.45, 2.75) is 32.2 Å². The van der Waals surface area contributed by atoms with Crippen molar-refractivity contribution in [3.05, 3.63) is 64.9 Å². The van der Waals surface area contributed by atoms with Crippen molar-refractivity contribution in [2.75, 3.05) is 0 Å². The van der Waals surface area contributed by atoms with E-state index >= 15 is 0 Å². The Hall–Kier alpha value is -1.87. The Bertz CT molecular complexity index is 586. The van der Waals surface area contributed by atoms with E-state index in [0.717, 1.165) is 17.5 Å². The number of aromatic nitrogens is 1. The number of nitrogens with zero attached hydrogens (tertiary/aromatic N) is 1. The van der Waals surface area contributed by atoms with Crippen LogP contribution >= 0.6 is 11.6 Å². The Morgan fingerprint density at radius 3 is 2.86 bits per heavy atom. The summed E-state index contributed by atoms with van der Waals surface area (Å²) in [7, 11) is 0. The molecule has 2 aromatic rings. The van der Waals surface area contributed by atoms with Crippen LogP contribution < -0.4 is 5.32 Å². The van der Waals surface area contributed by atoms with Gasteiger partial charge >= 0.3 is 0 Å². The summed E-state index contributed by atoms with van der Waals surface area (Å²) < 4.78 is 0. The van der Waals surface area contributed by atoms with Crippen molar-refractivity contribution in [1.82, 2.24) is 10.3 Å². The molecule has 0 aliphatic rings. The molecule has 1 unspecified atom stereocenters. The lowest BCUT2D eigenvalue weighted by Crippen LogP contribution is -2.28. The molecule has 0 bridgehead atoms. The zero-order valence-corrected chi connectivity index (χ0v) is 12.8.